The summed E-state index contributed by atoms with van der Waals surface area (Å²) in [4.78, 5) is 0. The number of aromatic nitrogens is 2. The summed E-state index contributed by atoms with van der Waals surface area (Å²) in [6.45, 7) is 6.92. The maximum atomic E-state index is 5.97. The smallest absolute Gasteiger partial charge is 0.0662 e. The summed E-state index contributed by atoms with van der Waals surface area (Å²) in [6.07, 6.45) is 0. The predicted octanol–water partition coefficient (Wildman–Crippen LogP) is 2.57. The molecule has 1 heterocycles. The minimum absolute atomic E-state index is 0.0412. The topological polar surface area (TPSA) is 43.8 Å². The summed E-state index contributed by atoms with van der Waals surface area (Å²) in [6, 6.07) is 10.4. The molecular weight excluding hydrogens is 210 g/mol. The van der Waals surface area contributed by atoms with Crippen molar-refractivity contribution < 1.29 is 0 Å². The first-order valence-electron chi connectivity index (χ1n) is 5.93. The molecule has 1 atom stereocenters. The van der Waals surface area contributed by atoms with E-state index in [1.807, 2.05) is 36.7 Å². The highest BCUT2D eigenvalue weighted by atomic mass is 15.3. The summed E-state index contributed by atoms with van der Waals surface area (Å²) in [7, 11) is 0. The highest BCUT2D eigenvalue weighted by Gasteiger charge is 2.14. The number of aryl methyl sites for hydroxylation is 1. The Morgan fingerprint density at radius 2 is 1.88 bits per heavy atom. The third kappa shape index (κ3) is 2.39. The van der Waals surface area contributed by atoms with E-state index in [-0.39, 0.29) is 6.04 Å². The largest absolute Gasteiger partial charge is 0.324 e. The maximum absolute atomic E-state index is 5.97. The first-order valence-corrected chi connectivity index (χ1v) is 5.93. The molecule has 0 aliphatic carbocycles. The van der Waals surface area contributed by atoms with Gasteiger partial charge in [-0.05, 0) is 26.3 Å². The Balaban J connectivity index is 2.32. The van der Waals surface area contributed by atoms with E-state index in [0.29, 0.717) is 0 Å². The van der Waals surface area contributed by atoms with Gasteiger partial charge in [0.25, 0.3) is 0 Å². The second-order valence-electron chi connectivity index (χ2n) is 4.52. The van der Waals surface area contributed by atoms with Crippen molar-refractivity contribution in [3.05, 3.63) is 52.8 Å². The average molecular weight is 229 g/mol. The summed E-state index contributed by atoms with van der Waals surface area (Å²) in [5.74, 6) is 0. The molecule has 0 radical (unpaired) electrons. The first kappa shape index (κ1) is 11.9. The molecule has 0 saturated carbocycles. The zero-order chi connectivity index (χ0) is 12.4. The van der Waals surface area contributed by atoms with E-state index in [0.717, 1.165) is 12.2 Å². The molecule has 0 bridgehead atoms. The van der Waals surface area contributed by atoms with Gasteiger partial charge in [-0.1, -0.05) is 30.3 Å². The number of benzene rings is 1. The van der Waals surface area contributed by atoms with Crippen LogP contribution in [0.3, 0.4) is 0 Å². The number of nitrogens with two attached hydrogens (primary N) is 1. The Kier molecular flexibility index (Phi) is 3.29. The van der Waals surface area contributed by atoms with Gasteiger partial charge in [-0.15, -0.1) is 0 Å². The van der Waals surface area contributed by atoms with Gasteiger partial charge in [0, 0.05) is 17.3 Å². The van der Waals surface area contributed by atoms with Gasteiger partial charge < -0.3 is 5.73 Å². The quantitative estimate of drug-likeness (QED) is 0.879. The van der Waals surface area contributed by atoms with Gasteiger partial charge in [0.15, 0.2) is 0 Å². The van der Waals surface area contributed by atoms with Gasteiger partial charge in [-0.3, -0.25) is 4.68 Å². The molecule has 1 aromatic carbocycles. The van der Waals surface area contributed by atoms with Gasteiger partial charge in [0.05, 0.1) is 12.2 Å². The van der Waals surface area contributed by atoms with E-state index in [9.17, 15) is 0 Å². The van der Waals surface area contributed by atoms with Crippen LogP contribution in [0.5, 0.6) is 0 Å². The van der Waals surface area contributed by atoms with Crippen LogP contribution in [0.15, 0.2) is 30.3 Å². The summed E-state index contributed by atoms with van der Waals surface area (Å²) >= 11 is 0. The molecule has 3 heteroatoms. The maximum Gasteiger partial charge on any atom is 0.0662 e. The van der Waals surface area contributed by atoms with Crippen LogP contribution in [0.4, 0.5) is 0 Å². The first-order chi connectivity index (χ1) is 8.09. The Labute approximate surface area is 102 Å². The van der Waals surface area contributed by atoms with Crippen LogP contribution in [0.1, 0.15) is 35.5 Å². The van der Waals surface area contributed by atoms with Crippen molar-refractivity contribution >= 4 is 0 Å². The minimum Gasteiger partial charge on any atom is -0.324 e. The lowest BCUT2D eigenvalue weighted by Crippen LogP contribution is -2.08. The van der Waals surface area contributed by atoms with Crippen LogP contribution in [0, 0.1) is 13.8 Å². The zero-order valence-corrected chi connectivity index (χ0v) is 10.6. The van der Waals surface area contributed by atoms with Gasteiger partial charge in [0.1, 0.15) is 0 Å². The molecule has 0 aliphatic heterocycles. The van der Waals surface area contributed by atoms with Crippen LogP contribution >= 0.6 is 0 Å². The molecular formula is C14H19N3. The second kappa shape index (κ2) is 4.72. The van der Waals surface area contributed by atoms with E-state index in [2.05, 4.69) is 24.2 Å². The third-order valence-electron chi connectivity index (χ3n) is 3.07. The van der Waals surface area contributed by atoms with Crippen LogP contribution in [-0.2, 0) is 6.54 Å². The van der Waals surface area contributed by atoms with Crippen LogP contribution in [-0.4, -0.2) is 9.78 Å². The molecule has 0 unspecified atom stereocenters. The molecule has 3 nitrogen and oxygen atoms in total. The normalized spacial score (nSPS) is 12.7. The minimum atomic E-state index is 0.0412. The Morgan fingerprint density at radius 1 is 1.24 bits per heavy atom. The van der Waals surface area contributed by atoms with Crippen LogP contribution in [0.25, 0.3) is 0 Å². The Bertz CT molecular complexity index is 498. The molecule has 1 aromatic heterocycles. The van der Waals surface area contributed by atoms with Gasteiger partial charge in [-0.25, -0.2) is 0 Å². The van der Waals surface area contributed by atoms with E-state index in [4.69, 9.17) is 5.73 Å². The van der Waals surface area contributed by atoms with E-state index < -0.39 is 0 Å². The number of hydrogen-bond donors (Lipinski definition) is 1. The fourth-order valence-corrected chi connectivity index (χ4v) is 2.28. The average Bonchev–Trinajstić information content (AvgIpc) is 2.55. The lowest BCUT2D eigenvalue weighted by atomic mass is 10.1. The Hall–Kier alpha value is -1.61. The monoisotopic (exact) mass is 229 g/mol. The molecule has 0 aliphatic rings. The molecule has 2 rings (SSSR count). The van der Waals surface area contributed by atoms with Crippen LogP contribution in [0.2, 0.25) is 0 Å². The predicted molar refractivity (Wildman–Crippen MR) is 69.8 cm³/mol. The van der Waals surface area contributed by atoms with Crippen molar-refractivity contribution in [3.8, 4) is 0 Å². The van der Waals surface area contributed by atoms with Crippen molar-refractivity contribution in [1.29, 1.82) is 0 Å². The fraction of sp³-hybridized carbons (Fsp3) is 0.357. The van der Waals surface area contributed by atoms with E-state index in [1.165, 1.54) is 16.8 Å². The van der Waals surface area contributed by atoms with E-state index >= 15 is 0 Å². The molecule has 17 heavy (non-hydrogen) atoms. The summed E-state index contributed by atoms with van der Waals surface area (Å²) in [5.41, 5.74) is 10.6. The summed E-state index contributed by atoms with van der Waals surface area (Å²) < 4.78 is 2.03. The Morgan fingerprint density at radius 3 is 2.41 bits per heavy atom. The van der Waals surface area contributed by atoms with Gasteiger partial charge in [-0.2, -0.15) is 5.10 Å². The number of hydrogen-bond acceptors (Lipinski definition) is 2. The van der Waals surface area contributed by atoms with Crippen molar-refractivity contribution in [2.75, 3.05) is 0 Å². The molecule has 0 saturated heterocycles. The molecule has 0 amide bonds. The van der Waals surface area contributed by atoms with Crippen molar-refractivity contribution in [3.63, 3.8) is 0 Å². The third-order valence-corrected chi connectivity index (χ3v) is 3.07. The van der Waals surface area contributed by atoms with Crippen LogP contribution < -0.4 is 5.73 Å². The number of nitrogens with zero attached hydrogens (tertiary/aromatic N) is 2. The highest BCUT2D eigenvalue weighted by molar-refractivity contribution is 5.28. The lowest BCUT2D eigenvalue weighted by molar-refractivity contribution is 0.656. The lowest BCUT2D eigenvalue weighted by Gasteiger charge is -2.07. The zero-order valence-electron chi connectivity index (χ0n) is 10.6. The highest BCUT2D eigenvalue weighted by Crippen LogP contribution is 2.20. The molecule has 2 aromatic rings. The summed E-state index contributed by atoms with van der Waals surface area (Å²) in [5, 5.41) is 4.56. The van der Waals surface area contributed by atoms with Gasteiger partial charge >= 0.3 is 0 Å². The standard InChI is InChI=1S/C14H19N3/c1-10(15)14-11(2)16-17(12(14)3)9-13-7-5-4-6-8-13/h4-8,10H,9,15H2,1-3H3/t10-/m1/s1. The van der Waals surface area contributed by atoms with Crippen molar-refractivity contribution in [2.45, 2.75) is 33.4 Å². The number of rotatable bonds is 3. The fourth-order valence-electron chi connectivity index (χ4n) is 2.28. The molecule has 2 N–H and O–H groups in total. The van der Waals surface area contributed by atoms with Gasteiger partial charge in [0.2, 0.25) is 0 Å². The van der Waals surface area contributed by atoms with Crippen molar-refractivity contribution in [2.24, 2.45) is 5.73 Å². The molecule has 0 fully saturated rings. The second-order valence-corrected chi connectivity index (χ2v) is 4.52. The molecule has 0 spiro atoms. The SMILES string of the molecule is Cc1nn(Cc2ccccc2)c(C)c1[C@@H](C)N. The van der Waals surface area contributed by atoms with E-state index in [1.54, 1.807) is 0 Å². The van der Waals surface area contributed by atoms with Crippen molar-refractivity contribution in [1.82, 2.24) is 9.78 Å². The molecule has 90 valence electrons.